The number of imide groups is 1. The number of ether oxygens (including phenoxy) is 1. The number of fused-ring (bicyclic) bond motifs is 1. The Labute approximate surface area is 131 Å². The topological polar surface area (TPSA) is 46.6 Å². The minimum atomic E-state index is -0.163. The van der Waals surface area contributed by atoms with Crippen LogP contribution in [-0.2, 0) is 16.1 Å². The van der Waals surface area contributed by atoms with Crippen molar-refractivity contribution in [1.29, 1.82) is 0 Å². The van der Waals surface area contributed by atoms with Gasteiger partial charge in [-0.25, -0.2) is 0 Å². The van der Waals surface area contributed by atoms with Crippen LogP contribution in [0.15, 0.2) is 34.8 Å². The lowest BCUT2D eigenvalue weighted by Crippen LogP contribution is -2.30. The van der Waals surface area contributed by atoms with E-state index in [4.69, 9.17) is 4.74 Å². The Kier molecular flexibility index (Phi) is 3.85. The lowest BCUT2D eigenvalue weighted by Gasteiger charge is -2.15. The van der Waals surface area contributed by atoms with E-state index in [2.05, 4.69) is 15.9 Å². The van der Waals surface area contributed by atoms with Gasteiger partial charge in [0.25, 0.3) is 0 Å². The number of likely N-dealkylation sites (tertiary alicyclic amines) is 1. The van der Waals surface area contributed by atoms with Gasteiger partial charge in [-0.2, -0.15) is 0 Å². The zero-order valence-electron chi connectivity index (χ0n) is 11.7. The molecule has 5 heteroatoms. The fourth-order valence-electron chi connectivity index (χ4n) is 3.02. The van der Waals surface area contributed by atoms with E-state index in [-0.39, 0.29) is 23.7 Å². The Morgan fingerprint density at radius 2 is 1.81 bits per heavy atom. The molecule has 2 aliphatic rings. The summed E-state index contributed by atoms with van der Waals surface area (Å²) in [6, 6.07) is 5.60. The number of allylic oxidation sites excluding steroid dienone is 2. The predicted octanol–water partition coefficient (Wildman–Crippen LogP) is 2.91. The monoisotopic (exact) mass is 349 g/mol. The van der Waals surface area contributed by atoms with Gasteiger partial charge in [0.05, 0.1) is 30.0 Å². The zero-order chi connectivity index (χ0) is 15.0. The lowest BCUT2D eigenvalue weighted by atomic mass is 9.85. The van der Waals surface area contributed by atoms with E-state index in [0.717, 1.165) is 15.8 Å². The van der Waals surface area contributed by atoms with Gasteiger partial charge in [0.15, 0.2) is 0 Å². The van der Waals surface area contributed by atoms with E-state index in [1.54, 1.807) is 7.11 Å². The van der Waals surface area contributed by atoms with Crippen LogP contribution in [0.25, 0.3) is 0 Å². The normalized spacial score (nSPS) is 24.4. The summed E-state index contributed by atoms with van der Waals surface area (Å²) >= 11 is 3.42. The quantitative estimate of drug-likeness (QED) is 0.622. The van der Waals surface area contributed by atoms with Crippen LogP contribution < -0.4 is 4.74 Å². The molecule has 1 aliphatic carbocycles. The van der Waals surface area contributed by atoms with Crippen molar-refractivity contribution >= 4 is 27.7 Å². The molecule has 1 fully saturated rings. The maximum Gasteiger partial charge on any atom is 0.233 e. The Morgan fingerprint density at radius 1 is 1.19 bits per heavy atom. The van der Waals surface area contributed by atoms with Crippen LogP contribution in [0.2, 0.25) is 0 Å². The average Bonchev–Trinajstić information content (AvgIpc) is 2.73. The van der Waals surface area contributed by atoms with Crippen molar-refractivity contribution in [3.63, 3.8) is 0 Å². The second-order valence-corrected chi connectivity index (χ2v) is 6.24. The van der Waals surface area contributed by atoms with Crippen molar-refractivity contribution in [2.24, 2.45) is 11.8 Å². The molecule has 2 atom stereocenters. The number of amides is 2. The molecule has 0 spiro atoms. The van der Waals surface area contributed by atoms with Crippen molar-refractivity contribution in [2.75, 3.05) is 7.11 Å². The molecular formula is C16H16BrNO3. The van der Waals surface area contributed by atoms with E-state index in [0.29, 0.717) is 19.4 Å². The molecule has 1 aliphatic heterocycles. The Balaban J connectivity index is 1.80. The summed E-state index contributed by atoms with van der Waals surface area (Å²) in [5.41, 5.74) is 0.913. The van der Waals surface area contributed by atoms with Crippen LogP contribution in [0.5, 0.6) is 5.75 Å². The Bertz CT molecular complexity index is 600. The van der Waals surface area contributed by atoms with E-state index < -0.39 is 0 Å². The van der Waals surface area contributed by atoms with Gasteiger partial charge in [0.1, 0.15) is 5.75 Å². The number of hydrogen-bond acceptors (Lipinski definition) is 3. The summed E-state index contributed by atoms with van der Waals surface area (Å²) in [6.45, 7) is 0.327. The summed E-state index contributed by atoms with van der Waals surface area (Å²) in [5, 5.41) is 0. The SMILES string of the molecule is COc1ccc(CN2C(=O)[C@@H]3CC=CC[C@H]3C2=O)cc1Br. The van der Waals surface area contributed by atoms with E-state index in [1.807, 2.05) is 30.4 Å². The highest BCUT2D eigenvalue weighted by Gasteiger charge is 2.46. The fourth-order valence-corrected chi connectivity index (χ4v) is 3.60. The van der Waals surface area contributed by atoms with Gasteiger partial charge in [-0.05, 0) is 46.5 Å². The van der Waals surface area contributed by atoms with Crippen LogP contribution in [0.1, 0.15) is 18.4 Å². The molecule has 0 aromatic heterocycles. The fraction of sp³-hybridized carbons (Fsp3) is 0.375. The van der Waals surface area contributed by atoms with Crippen LogP contribution >= 0.6 is 15.9 Å². The molecule has 2 amide bonds. The third-order valence-corrected chi connectivity index (χ3v) is 4.78. The van der Waals surface area contributed by atoms with Crippen molar-refractivity contribution in [2.45, 2.75) is 19.4 Å². The number of carbonyl (C=O) groups excluding carboxylic acids is 2. The molecule has 4 nitrogen and oxygen atoms in total. The Morgan fingerprint density at radius 3 is 2.33 bits per heavy atom. The predicted molar refractivity (Wildman–Crippen MR) is 81.6 cm³/mol. The first kappa shape index (κ1) is 14.3. The van der Waals surface area contributed by atoms with Crippen LogP contribution in [0.4, 0.5) is 0 Å². The summed E-state index contributed by atoms with van der Waals surface area (Å²) < 4.78 is 6.01. The average molecular weight is 350 g/mol. The van der Waals surface area contributed by atoms with E-state index in [9.17, 15) is 9.59 Å². The van der Waals surface area contributed by atoms with Gasteiger partial charge in [0.2, 0.25) is 11.8 Å². The number of halogens is 1. The van der Waals surface area contributed by atoms with Gasteiger partial charge >= 0.3 is 0 Å². The molecule has 0 N–H and O–H groups in total. The first-order valence-corrected chi connectivity index (χ1v) is 7.73. The second-order valence-electron chi connectivity index (χ2n) is 5.39. The molecule has 1 aromatic rings. The molecule has 3 rings (SSSR count). The van der Waals surface area contributed by atoms with Crippen LogP contribution in [0.3, 0.4) is 0 Å². The van der Waals surface area contributed by atoms with E-state index in [1.165, 1.54) is 4.90 Å². The number of hydrogen-bond donors (Lipinski definition) is 0. The number of benzene rings is 1. The summed E-state index contributed by atoms with van der Waals surface area (Å²) in [7, 11) is 1.60. The minimum absolute atomic E-state index is 0.0405. The van der Waals surface area contributed by atoms with Gasteiger partial charge in [-0.15, -0.1) is 0 Å². The van der Waals surface area contributed by atoms with Gasteiger partial charge < -0.3 is 4.74 Å². The van der Waals surface area contributed by atoms with Gasteiger partial charge in [-0.3, -0.25) is 14.5 Å². The highest BCUT2D eigenvalue weighted by atomic mass is 79.9. The molecule has 0 radical (unpaired) electrons. The van der Waals surface area contributed by atoms with E-state index >= 15 is 0 Å². The minimum Gasteiger partial charge on any atom is -0.496 e. The lowest BCUT2D eigenvalue weighted by molar-refractivity contribution is -0.140. The van der Waals surface area contributed by atoms with Crippen LogP contribution in [-0.4, -0.2) is 23.8 Å². The first-order valence-electron chi connectivity index (χ1n) is 6.94. The summed E-state index contributed by atoms with van der Waals surface area (Å²) in [5.74, 6) is 0.326. The molecule has 1 heterocycles. The van der Waals surface area contributed by atoms with Crippen molar-refractivity contribution < 1.29 is 14.3 Å². The molecule has 0 unspecified atom stereocenters. The number of carbonyl (C=O) groups is 2. The molecule has 0 bridgehead atoms. The molecule has 0 saturated carbocycles. The summed E-state index contributed by atoms with van der Waals surface area (Å²) in [4.78, 5) is 26.2. The highest BCUT2D eigenvalue weighted by molar-refractivity contribution is 9.10. The number of nitrogens with zero attached hydrogens (tertiary/aromatic N) is 1. The smallest absolute Gasteiger partial charge is 0.233 e. The maximum atomic E-state index is 12.4. The van der Waals surface area contributed by atoms with Crippen molar-refractivity contribution in [3.8, 4) is 5.75 Å². The third-order valence-electron chi connectivity index (χ3n) is 4.16. The number of rotatable bonds is 3. The maximum absolute atomic E-state index is 12.4. The molecular weight excluding hydrogens is 334 g/mol. The molecule has 21 heavy (non-hydrogen) atoms. The first-order chi connectivity index (χ1) is 10.1. The molecule has 1 aromatic carbocycles. The third kappa shape index (κ3) is 2.50. The second kappa shape index (κ2) is 5.64. The van der Waals surface area contributed by atoms with Crippen LogP contribution in [0, 0.1) is 11.8 Å². The largest absolute Gasteiger partial charge is 0.496 e. The van der Waals surface area contributed by atoms with Gasteiger partial charge in [0, 0.05) is 0 Å². The van der Waals surface area contributed by atoms with Gasteiger partial charge in [-0.1, -0.05) is 18.2 Å². The zero-order valence-corrected chi connectivity index (χ0v) is 13.3. The summed E-state index contributed by atoms with van der Waals surface area (Å²) in [6.07, 6.45) is 5.36. The molecule has 1 saturated heterocycles. The highest BCUT2D eigenvalue weighted by Crippen LogP contribution is 2.36. The van der Waals surface area contributed by atoms with Crippen molar-refractivity contribution in [1.82, 2.24) is 4.90 Å². The standard InChI is InChI=1S/C16H16BrNO3/c1-21-14-7-6-10(8-13(14)17)9-18-15(19)11-4-2-3-5-12(11)16(18)20/h2-3,6-8,11-12H,4-5,9H2,1H3/t11-,12-/m1/s1. The van der Waals surface area contributed by atoms with Crippen molar-refractivity contribution in [3.05, 3.63) is 40.4 Å². The Hall–Kier alpha value is -1.62. The number of methoxy groups -OCH3 is 1. The molecule has 110 valence electrons.